The Morgan fingerprint density at radius 3 is 1.56 bits per heavy atom. The Labute approximate surface area is 230 Å². The molecule has 3 aromatic heterocycles. The van der Waals surface area contributed by atoms with Crippen LogP contribution in [0.15, 0.2) is 128 Å². The SMILES string of the molecule is [C-]#[N+]c1ccc(-c2cccc3c2sc2c(-c4cc(-c5cccnc5)cc(-c5cccnc5)c4)cccc23)cc1. The molecule has 7 rings (SSSR count). The number of benzene rings is 4. The smallest absolute Gasteiger partial charge is 0.187 e. The van der Waals surface area contributed by atoms with Crippen molar-refractivity contribution >= 4 is 37.2 Å². The van der Waals surface area contributed by atoms with Gasteiger partial charge in [0.1, 0.15) is 0 Å². The number of fused-ring (bicyclic) bond motifs is 3. The molecule has 0 N–H and O–H groups in total. The molecule has 7 aromatic rings. The zero-order valence-electron chi connectivity index (χ0n) is 20.9. The summed E-state index contributed by atoms with van der Waals surface area (Å²) in [6.07, 6.45) is 7.44. The number of thiophene rings is 1. The Morgan fingerprint density at radius 2 is 1.05 bits per heavy atom. The van der Waals surface area contributed by atoms with Gasteiger partial charge in [0, 0.05) is 56.1 Å². The van der Waals surface area contributed by atoms with E-state index in [-0.39, 0.29) is 0 Å². The number of pyridine rings is 2. The summed E-state index contributed by atoms with van der Waals surface area (Å²) in [6, 6.07) is 35.9. The minimum atomic E-state index is 0.655. The molecule has 0 saturated carbocycles. The predicted molar refractivity (Wildman–Crippen MR) is 163 cm³/mol. The van der Waals surface area contributed by atoms with E-state index in [0.717, 1.165) is 33.4 Å². The predicted octanol–water partition coefficient (Wildman–Crippen LogP) is 10.1. The fourth-order valence-electron chi connectivity index (χ4n) is 5.17. The lowest BCUT2D eigenvalue weighted by Crippen LogP contribution is -1.87. The fraction of sp³-hybridized carbons (Fsp3) is 0. The Kier molecular flexibility index (Phi) is 5.70. The van der Waals surface area contributed by atoms with E-state index >= 15 is 0 Å². The first-order valence-corrected chi connectivity index (χ1v) is 13.5. The van der Waals surface area contributed by atoms with Gasteiger partial charge in [0.2, 0.25) is 0 Å². The minimum absolute atomic E-state index is 0.655. The monoisotopic (exact) mass is 515 g/mol. The van der Waals surface area contributed by atoms with Gasteiger partial charge in [0.25, 0.3) is 0 Å². The largest absolute Gasteiger partial charge is 0.264 e. The lowest BCUT2D eigenvalue weighted by Gasteiger charge is -2.11. The van der Waals surface area contributed by atoms with Crippen LogP contribution in [0.3, 0.4) is 0 Å². The van der Waals surface area contributed by atoms with Crippen LogP contribution in [0.2, 0.25) is 0 Å². The third-order valence-electron chi connectivity index (χ3n) is 7.07. The molecule has 0 amide bonds. The van der Waals surface area contributed by atoms with E-state index in [4.69, 9.17) is 6.57 Å². The zero-order valence-corrected chi connectivity index (χ0v) is 21.7. The molecule has 182 valence electrons. The first-order valence-electron chi connectivity index (χ1n) is 12.7. The van der Waals surface area contributed by atoms with Gasteiger partial charge in [-0.2, -0.15) is 0 Å². The van der Waals surface area contributed by atoms with Gasteiger partial charge < -0.3 is 0 Å². The van der Waals surface area contributed by atoms with Crippen molar-refractivity contribution in [3.05, 3.63) is 139 Å². The first kappa shape index (κ1) is 23.0. The van der Waals surface area contributed by atoms with Gasteiger partial charge in [-0.1, -0.05) is 72.8 Å². The second kappa shape index (κ2) is 9.64. The van der Waals surface area contributed by atoms with Crippen LogP contribution >= 0.6 is 11.3 Å². The Bertz CT molecular complexity index is 1940. The van der Waals surface area contributed by atoms with Crippen molar-refractivity contribution in [3.8, 4) is 44.5 Å². The minimum Gasteiger partial charge on any atom is -0.264 e. The van der Waals surface area contributed by atoms with Crippen LogP contribution in [-0.4, -0.2) is 9.97 Å². The zero-order chi connectivity index (χ0) is 26.2. The standard InChI is InChI=1S/C35H21N3S/c1-36-29-14-12-23(13-15-29)30-8-2-10-32-33-11-3-9-31(35(33)39-34(30)32)28-19-26(24-6-4-16-37-21-24)18-27(20-28)25-7-5-17-38-22-25/h2-22H. The second-order valence-electron chi connectivity index (χ2n) is 9.41. The fourth-order valence-corrected chi connectivity index (χ4v) is 6.55. The summed E-state index contributed by atoms with van der Waals surface area (Å²) in [5, 5.41) is 2.50. The van der Waals surface area contributed by atoms with Crippen molar-refractivity contribution in [2.24, 2.45) is 0 Å². The van der Waals surface area contributed by atoms with E-state index in [1.165, 1.54) is 31.3 Å². The molecule has 0 aliphatic heterocycles. The van der Waals surface area contributed by atoms with E-state index in [0.29, 0.717) is 5.69 Å². The molecule has 3 heterocycles. The topological polar surface area (TPSA) is 30.1 Å². The molecular weight excluding hydrogens is 494 g/mol. The van der Waals surface area contributed by atoms with Crippen LogP contribution < -0.4 is 0 Å². The third-order valence-corrected chi connectivity index (χ3v) is 8.35. The first-order chi connectivity index (χ1) is 19.3. The molecule has 0 bridgehead atoms. The van der Waals surface area contributed by atoms with Crippen LogP contribution in [0, 0.1) is 6.57 Å². The van der Waals surface area contributed by atoms with Crippen LogP contribution in [0.1, 0.15) is 0 Å². The Morgan fingerprint density at radius 1 is 0.513 bits per heavy atom. The maximum Gasteiger partial charge on any atom is 0.187 e. The highest BCUT2D eigenvalue weighted by Crippen LogP contribution is 2.45. The molecule has 0 aliphatic rings. The summed E-state index contributed by atoms with van der Waals surface area (Å²) in [7, 11) is 0. The molecule has 4 heteroatoms. The van der Waals surface area contributed by atoms with Crippen LogP contribution in [0.4, 0.5) is 5.69 Å². The molecule has 0 unspecified atom stereocenters. The van der Waals surface area contributed by atoms with Gasteiger partial charge in [-0.25, -0.2) is 4.85 Å². The van der Waals surface area contributed by atoms with E-state index in [1.807, 2.05) is 60.1 Å². The molecule has 0 spiro atoms. The highest BCUT2D eigenvalue weighted by molar-refractivity contribution is 7.26. The molecule has 3 nitrogen and oxygen atoms in total. The normalized spacial score (nSPS) is 11.1. The van der Waals surface area contributed by atoms with Crippen LogP contribution in [-0.2, 0) is 0 Å². The molecule has 0 fully saturated rings. The summed E-state index contributed by atoms with van der Waals surface area (Å²) in [4.78, 5) is 12.3. The quantitative estimate of drug-likeness (QED) is 0.218. The molecule has 0 radical (unpaired) electrons. The average Bonchev–Trinajstić information content (AvgIpc) is 3.41. The number of hydrogen-bond acceptors (Lipinski definition) is 3. The molecule has 4 aromatic carbocycles. The van der Waals surface area contributed by atoms with Gasteiger partial charge in [0.15, 0.2) is 5.69 Å². The van der Waals surface area contributed by atoms with Crippen molar-refractivity contribution in [1.29, 1.82) is 0 Å². The second-order valence-corrected chi connectivity index (χ2v) is 10.4. The molecule has 39 heavy (non-hydrogen) atoms. The number of nitrogens with zero attached hydrogens (tertiary/aromatic N) is 3. The maximum absolute atomic E-state index is 7.29. The van der Waals surface area contributed by atoms with Gasteiger partial charge in [0.05, 0.1) is 6.57 Å². The van der Waals surface area contributed by atoms with E-state index in [9.17, 15) is 0 Å². The summed E-state index contributed by atoms with van der Waals surface area (Å²) < 4.78 is 2.52. The molecular formula is C35H21N3S. The average molecular weight is 516 g/mol. The molecule has 0 atom stereocenters. The highest BCUT2D eigenvalue weighted by Gasteiger charge is 2.15. The van der Waals surface area contributed by atoms with Gasteiger partial charge in [-0.05, 0) is 63.7 Å². The summed E-state index contributed by atoms with van der Waals surface area (Å²) in [5.41, 5.74) is 9.75. The van der Waals surface area contributed by atoms with Gasteiger partial charge >= 0.3 is 0 Å². The number of rotatable bonds is 4. The highest BCUT2D eigenvalue weighted by atomic mass is 32.1. The Hall–Kier alpha value is -5.11. The van der Waals surface area contributed by atoms with Crippen molar-refractivity contribution in [2.75, 3.05) is 0 Å². The van der Waals surface area contributed by atoms with E-state index in [2.05, 4.69) is 81.5 Å². The van der Waals surface area contributed by atoms with E-state index < -0.39 is 0 Å². The van der Waals surface area contributed by atoms with Gasteiger partial charge in [-0.15, -0.1) is 11.3 Å². The summed E-state index contributed by atoms with van der Waals surface area (Å²) in [6.45, 7) is 7.29. The van der Waals surface area contributed by atoms with Crippen molar-refractivity contribution < 1.29 is 0 Å². The van der Waals surface area contributed by atoms with Crippen molar-refractivity contribution in [1.82, 2.24) is 9.97 Å². The van der Waals surface area contributed by atoms with Crippen LogP contribution in [0.25, 0.3) is 69.5 Å². The van der Waals surface area contributed by atoms with Crippen LogP contribution in [0.5, 0.6) is 0 Å². The van der Waals surface area contributed by atoms with Crippen molar-refractivity contribution in [3.63, 3.8) is 0 Å². The molecule has 0 saturated heterocycles. The van der Waals surface area contributed by atoms with Gasteiger partial charge in [-0.3, -0.25) is 9.97 Å². The summed E-state index contributed by atoms with van der Waals surface area (Å²) in [5.74, 6) is 0. The van der Waals surface area contributed by atoms with Crippen molar-refractivity contribution in [2.45, 2.75) is 0 Å². The number of aromatic nitrogens is 2. The maximum atomic E-state index is 7.29. The molecule has 0 aliphatic carbocycles. The Balaban J connectivity index is 1.46. The lowest BCUT2D eigenvalue weighted by molar-refractivity contribution is 1.32. The third kappa shape index (κ3) is 4.16. The summed E-state index contributed by atoms with van der Waals surface area (Å²) >= 11 is 1.83. The van der Waals surface area contributed by atoms with E-state index in [1.54, 1.807) is 12.4 Å². The lowest BCUT2D eigenvalue weighted by atomic mass is 9.93. The number of hydrogen-bond donors (Lipinski definition) is 0.